The smallest absolute Gasteiger partial charge is 0.264 e. The zero-order chi connectivity index (χ0) is 33.4. The second-order valence-electron chi connectivity index (χ2n) is 12.0. The lowest BCUT2D eigenvalue weighted by Gasteiger charge is -2.34. The third-order valence-electron chi connectivity index (χ3n) is 7.87. The Labute approximate surface area is 278 Å². The van der Waals surface area contributed by atoms with Crippen molar-refractivity contribution in [2.75, 3.05) is 17.4 Å². The van der Waals surface area contributed by atoms with Crippen molar-refractivity contribution in [3.05, 3.63) is 130 Å². The summed E-state index contributed by atoms with van der Waals surface area (Å²) in [7, 11) is -4.20. The molecule has 0 aliphatic rings. The zero-order valence-corrected chi connectivity index (χ0v) is 28.6. The summed E-state index contributed by atoms with van der Waals surface area (Å²) in [4.78, 5) is 30.1. The molecule has 0 bridgehead atoms. The highest BCUT2D eigenvalue weighted by molar-refractivity contribution is 7.92. The van der Waals surface area contributed by atoms with Gasteiger partial charge in [0.1, 0.15) is 12.6 Å². The molecule has 1 N–H and O–H groups in total. The maximum absolute atomic E-state index is 14.6. The molecule has 7 nitrogen and oxygen atoms in total. The minimum atomic E-state index is -4.20. The first-order valence-corrected chi connectivity index (χ1v) is 17.2. The lowest BCUT2D eigenvalue weighted by Crippen LogP contribution is -2.54. The van der Waals surface area contributed by atoms with Gasteiger partial charge in [0.2, 0.25) is 11.8 Å². The van der Waals surface area contributed by atoms with Crippen LogP contribution in [0.15, 0.2) is 102 Å². The number of anilines is 1. The van der Waals surface area contributed by atoms with Crippen LogP contribution in [0.1, 0.15) is 41.7 Å². The number of carbonyl (C=O) groups is 2. The molecule has 2 amide bonds. The van der Waals surface area contributed by atoms with Crippen molar-refractivity contribution in [2.24, 2.45) is 5.92 Å². The van der Waals surface area contributed by atoms with Gasteiger partial charge in [-0.3, -0.25) is 13.9 Å². The minimum absolute atomic E-state index is 0.0567. The van der Waals surface area contributed by atoms with Gasteiger partial charge in [-0.15, -0.1) is 0 Å². The van der Waals surface area contributed by atoms with E-state index in [-0.39, 0.29) is 29.7 Å². The molecule has 9 heteroatoms. The van der Waals surface area contributed by atoms with Gasteiger partial charge in [-0.2, -0.15) is 0 Å². The number of nitrogens with one attached hydrogen (secondary N) is 1. The van der Waals surface area contributed by atoms with Crippen LogP contribution < -0.4 is 9.62 Å². The van der Waals surface area contributed by atoms with Gasteiger partial charge in [0, 0.05) is 24.5 Å². The summed E-state index contributed by atoms with van der Waals surface area (Å²) in [6, 6.07) is 27.7. The molecule has 4 aromatic carbocycles. The van der Waals surface area contributed by atoms with Crippen LogP contribution in [0.4, 0.5) is 5.69 Å². The Balaban J connectivity index is 1.83. The van der Waals surface area contributed by atoms with Gasteiger partial charge in [-0.25, -0.2) is 8.42 Å². The van der Waals surface area contributed by atoms with Crippen LogP contribution in [-0.2, 0) is 32.6 Å². The van der Waals surface area contributed by atoms with E-state index in [2.05, 4.69) is 5.32 Å². The number of carbonyl (C=O) groups excluding carboxylic acids is 2. The number of sulfonamides is 1. The van der Waals surface area contributed by atoms with Crippen molar-refractivity contribution in [1.29, 1.82) is 0 Å². The Kier molecular flexibility index (Phi) is 11.7. The van der Waals surface area contributed by atoms with E-state index < -0.39 is 28.5 Å². The summed E-state index contributed by atoms with van der Waals surface area (Å²) >= 11 is 6.25. The van der Waals surface area contributed by atoms with Crippen LogP contribution in [0, 0.1) is 26.7 Å². The van der Waals surface area contributed by atoms with Crippen LogP contribution >= 0.6 is 11.6 Å². The van der Waals surface area contributed by atoms with E-state index in [0.717, 1.165) is 26.6 Å². The molecule has 0 aliphatic carbocycles. The quantitative estimate of drug-likeness (QED) is 0.170. The van der Waals surface area contributed by atoms with Crippen molar-refractivity contribution in [1.82, 2.24) is 10.2 Å². The highest BCUT2D eigenvalue weighted by Gasteiger charge is 2.35. The normalized spacial score (nSPS) is 12.1. The van der Waals surface area contributed by atoms with Crippen molar-refractivity contribution in [3.63, 3.8) is 0 Å². The molecule has 0 heterocycles. The van der Waals surface area contributed by atoms with E-state index in [1.807, 2.05) is 82.3 Å². The van der Waals surface area contributed by atoms with Gasteiger partial charge in [0.05, 0.1) is 10.6 Å². The monoisotopic (exact) mass is 659 g/mol. The molecule has 46 heavy (non-hydrogen) atoms. The molecule has 4 aromatic rings. The average Bonchev–Trinajstić information content (AvgIpc) is 3.02. The first-order chi connectivity index (χ1) is 21.9. The van der Waals surface area contributed by atoms with E-state index in [1.165, 1.54) is 17.0 Å². The molecule has 0 saturated carbocycles. The van der Waals surface area contributed by atoms with E-state index in [4.69, 9.17) is 11.6 Å². The van der Waals surface area contributed by atoms with Gasteiger partial charge in [0.15, 0.2) is 0 Å². The third kappa shape index (κ3) is 8.77. The molecule has 242 valence electrons. The molecule has 0 spiro atoms. The van der Waals surface area contributed by atoms with Gasteiger partial charge in [0.25, 0.3) is 10.0 Å². The van der Waals surface area contributed by atoms with Crippen LogP contribution in [0.3, 0.4) is 0 Å². The van der Waals surface area contributed by atoms with E-state index in [0.29, 0.717) is 22.8 Å². The maximum Gasteiger partial charge on any atom is 0.264 e. The fourth-order valence-electron chi connectivity index (χ4n) is 5.20. The van der Waals surface area contributed by atoms with Gasteiger partial charge < -0.3 is 10.2 Å². The number of halogens is 1. The van der Waals surface area contributed by atoms with Crippen LogP contribution in [0.2, 0.25) is 5.02 Å². The summed E-state index contributed by atoms with van der Waals surface area (Å²) in [6.45, 7) is 9.63. The topological polar surface area (TPSA) is 86.8 Å². The highest BCUT2D eigenvalue weighted by Crippen LogP contribution is 2.30. The largest absolute Gasteiger partial charge is 0.354 e. The number of rotatable bonds is 13. The first kappa shape index (κ1) is 34.7. The summed E-state index contributed by atoms with van der Waals surface area (Å²) in [5, 5.41) is 3.47. The van der Waals surface area contributed by atoms with Crippen LogP contribution in [-0.4, -0.2) is 44.3 Å². The summed E-state index contributed by atoms with van der Waals surface area (Å²) in [5.74, 6) is -0.603. The predicted octanol–water partition coefficient (Wildman–Crippen LogP) is 6.87. The molecule has 1 atom stereocenters. The first-order valence-electron chi connectivity index (χ1n) is 15.4. The van der Waals surface area contributed by atoms with Gasteiger partial charge in [-0.1, -0.05) is 97.7 Å². The number of hydrogen-bond donors (Lipinski definition) is 1. The molecule has 0 radical (unpaired) electrons. The minimum Gasteiger partial charge on any atom is -0.354 e. The molecule has 0 unspecified atom stereocenters. The van der Waals surface area contributed by atoms with Crippen molar-refractivity contribution in [3.8, 4) is 0 Å². The predicted molar refractivity (Wildman–Crippen MR) is 185 cm³/mol. The highest BCUT2D eigenvalue weighted by atomic mass is 35.5. The number of amides is 2. The molecule has 0 fully saturated rings. The fourth-order valence-corrected chi connectivity index (χ4v) is 6.90. The lowest BCUT2D eigenvalue weighted by atomic mass is 10.0. The van der Waals surface area contributed by atoms with Crippen molar-refractivity contribution in [2.45, 2.75) is 58.5 Å². The summed E-state index contributed by atoms with van der Waals surface area (Å²) in [5.41, 5.74) is 4.53. The van der Waals surface area contributed by atoms with E-state index >= 15 is 0 Å². The Morgan fingerprint density at radius 2 is 1.48 bits per heavy atom. The summed E-state index contributed by atoms with van der Waals surface area (Å²) in [6.07, 6.45) is 0.257. The number of hydrogen-bond acceptors (Lipinski definition) is 4. The molecular weight excluding hydrogens is 618 g/mol. The lowest BCUT2D eigenvalue weighted by molar-refractivity contribution is -0.140. The van der Waals surface area contributed by atoms with E-state index in [9.17, 15) is 18.0 Å². The second kappa shape index (κ2) is 15.4. The van der Waals surface area contributed by atoms with Crippen molar-refractivity contribution < 1.29 is 18.0 Å². The van der Waals surface area contributed by atoms with Crippen LogP contribution in [0.25, 0.3) is 0 Å². The summed E-state index contributed by atoms with van der Waals surface area (Å²) < 4.78 is 29.7. The zero-order valence-electron chi connectivity index (χ0n) is 27.0. The third-order valence-corrected chi connectivity index (χ3v) is 9.88. The standard InChI is InChI=1S/C37H42ClN3O4S/c1-26(2)23-39-37(43)35(22-30-12-7-6-8-13-30)40(24-31-14-10-9-11-28(31)4)36(42)25-41(34-20-17-32(38)21-29(34)5)46(44,45)33-18-15-27(3)16-19-33/h6-21,26,35H,22-25H2,1-5H3,(H,39,43)/t35-/m1/s1. The Morgan fingerprint density at radius 3 is 2.11 bits per heavy atom. The molecule has 0 aliphatic heterocycles. The van der Waals surface area contributed by atoms with Gasteiger partial charge in [-0.05, 0) is 79.3 Å². The Bertz CT molecular complexity index is 1760. The molecule has 0 saturated heterocycles. The molecule has 4 rings (SSSR count). The maximum atomic E-state index is 14.6. The Hall–Kier alpha value is -4.14. The SMILES string of the molecule is Cc1ccc(S(=O)(=O)N(CC(=O)N(Cc2ccccc2C)[C@H](Cc2ccccc2)C(=O)NCC(C)C)c2ccc(Cl)cc2C)cc1. The number of benzene rings is 4. The van der Waals surface area contributed by atoms with Crippen molar-refractivity contribution >= 4 is 39.1 Å². The number of nitrogens with zero attached hydrogens (tertiary/aromatic N) is 2. The fraction of sp³-hybridized carbons (Fsp3) is 0.297. The van der Waals surface area contributed by atoms with Gasteiger partial charge >= 0.3 is 0 Å². The van der Waals surface area contributed by atoms with E-state index in [1.54, 1.807) is 37.3 Å². The Morgan fingerprint density at radius 1 is 0.826 bits per heavy atom. The second-order valence-corrected chi connectivity index (χ2v) is 14.3. The number of aryl methyl sites for hydroxylation is 3. The average molecular weight is 660 g/mol. The molecule has 0 aromatic heterocycles. The molecular formula is C37H42ClN3O4S. The van der Waals surface area contributed by atoms with Crippen LogP contribution in [0.5, 0.6) is 0 Å².